The van der Waals surface area contributed by atoms with Gasteiger partial charge < -0.3 is 21.5 Å². The summed E-state index contributed by atoms with van der Waals surface area (Å²) < 4.78 is 0. The van der Waals surface area contributed by atoms with Crippen LogP contribution in [0.15, 0.2) is 12.3 Å². The third-order valence-corrected chi connectivity index (χ3v) is 1.90. The molecule has 7 nitrogen and oxygen atoms in total. The topological polar surface area (TPSA) is 123 Å². The Morgan fingerprint density at radius 1 is 1.56 bits per heavy atom. The zero-order valence-corrected chi connectivity index (χ0v) is 8.67. The van der Waals surface area contributed by atoms with Gasteiger partial charge in [-0.1, -0.05) is 0 Å². The first-order valence-electron chi connectivity index (χ1n) is 4.40. The highest BCUT2D eigenvalue weighted by molar-refractivity contribution is 5.89. The monoisotopic (exact) mass is 224 g/mol. The van der Waals surface area contributed by atoms with Gasteiger partial charge in [-0.05, 0) is 6.07 Å². The first-order chi connectivity index (χ1) is 7.41. The van der Waals surface area contributed by atoms with Crippen molar-refractivity contribution >= 4 is 23.4 Å². The van der Waals surface area contributed by atoms with Crippen molar-refractivity contribution in [1.82, 2.24) is 4.98 Å². The normalized spacial score (nSPS) is 9.81. The minimum absolute atomic E-state index is 0.00581. The van der Waals surface area contributed by atoms with Gasteiger partial charge >= 0.3 is 5.97 Å². The van der Waals surface area contributed by atoms with Gasteiger partial charge in [0.15, 0.2) is 5.82 Å². The van der Waals surface area contributed by atoms with Crippen molar-refractivity contribution in [3.63, 3.8) is 0 Å². The average Bonchev–Trinajstić information content (AvgIpc) is 2.15. The molecular formula is C9H12N4O3. The molecule has 0 bridgehead atoms. The van der Waals surface area contributed by atoms with Crippen LogP contribution in [0.3, 0.4) is 0 Å². The second-order valence-electron chi connectivity index (χ2n) is 3.26. The quantitative estimate of drug-likeness (QED) is 0.620. The highest BCUT2D eigenvalue weighted by atomic mass is 16.4. The Morgan fingerprint density at radius 3 is 2.62 bits per heavy atom. The van der Waals surface area contributed by atoms with Gasteiger partial charge in [-0.15, -0.1) is 0 Å². The van der Waals surface area contributed by atoms with E-state index >= 15 is 0 Å². The molecule has 1 aromatic heterocycles. The summed E-state index contributed by atoms with van der Waals surface area (Å²) in [5, 5.41) is 8.70. The van der Waals surface area contributed by atoms with E-state index < -0.39 is 11.9 Å². The number of carboxylic acid groups (broad SMARTS) is 1. The number of nitrogens with zero attached hydrogens (tertiary/aromatic N) is 2. The van der Waals surface area contributed by atoms with Gasteiger partial charge in [0.2, 0.25) is 5.91 Å². The summed E-state index contributed by atoms with van der Waals surface area (Å²) in [5.41, 5.74) is 10.8. The molecule has 7 heteroatoms. The third kappa shape index (κ3) is 2.59. The lowest BCUT2D eigenvalue weighted by molar-refractivity contribution is -0.116. The maximum Gasteiger partial charge on any atom is 0.337 e. The van der Waals surface area contributed by atoms with E-state index in [0.717, 1.165) is 0 Å². The number of hydrogen-bond donors (Lipinski definition) is 3. The molecule has 0 aliphatic rings. The van der Waals surface area contributed by atoms with E-state index in [4.69, 9.17) is 16.6 Å². The number of amides is 1. The number of anilines is 2. The second kappa shape index (κ2) is 4.47. The van der Waals surface area contributed by atoms with E-state index in [0.29, 0.717) is 5.82 Å². The number of nitrogens with two attached hydrogens (primary N) is 2. The first-order valence-corrected chi connectivity index (χ1v) is 4.40. The summed E-state index contributed by atoms with van der Waals surface area (Å²) in [4.78, 5) is 26.6. The van der Waals surface area contributed by atoms with Gasteiger partial charge in [-0.2, -0.15) is 0 Å². The van der Waals surface area contributed by atoms with E-state index in [-0.39, 0.29) is 17.8 Å². The van der Waals surface area contributed by atoms with Crippen LogP contribution in [0.2, 0.25) is 0 Å². The highest BCUT2D eigenvalue weighted by Crippen LogP contribution is 2.19. The lowest BCUT2D eigenvalue weighted by atomic mass is 10.2. The van der Waals surface area contributed by atoms with Crippen molar-refractivity contribution in [3.05, 3.63) is 17.8 Å². The molecule has 0 atom stereocenters. The lowest BCUT2D eigenvalue weighted by Gasteiger charge is -2.17. The van der Waals surface area contributed by atoms with Crippen LogP contribution < -0.4 is 16.4 Å². The Morgan fingerprint density at radius 2 is 2.19 bits per heavy atom. The number of hydrogen-bond acceptors (Lipinski definition) is 5. The van der Waals surface area contributed by atoms with Crippen LogP contribution in [0.1, 0.15) is 10.4 Å². The molecule has 16 heavy (non-hydrogen) atoms. The van der Waals surface area contributed by atoms with Gasteiger partial charge in [-0.25, -0.2) is 9.78 Å². The van der Waals surface area contributed by atoms with E-state index in [1.54, 1.807) is 7.05 Å². The molecule has 0 fully saturated rings. The Kier molecular flexibility index (Phi) is 3.29. The molecule has 0 aliphatic carbocycles. The molecule has 5 N–H and O–H groups in total. The molecule has 1 amide bonds. The summed E-state index contributed by atoms with van der Waals surface area (Å²) in [5.74, 6) is -1.31. The van der Waals surface area contributed by atoms with Crippen molar-refractivity contribution in [2.24, 2.45) is 5.73 Å². The van der Waals surface area contributed by atoms with Gasteiger partial charge in [0.05, 0.1) is 17.8 Å². The van der Waals surface area contributed by atoms with E-state index in [1.807, 2.05) is 0 Å². The van der Waals surface area contributed by atoms with Crippen molar-refractivity contribution in [2.45, 2.75) is 0 Å². The summed E-state index contributed by atoms with van der Waals surface area (Å²) in [7, 11) is 1.59. The van der Waals surface area contributed by atoms with Crippen LogP contribution in [0.4, 0.5) is 11.5 Å². The number of carbonyl (C=O) groups is 2. The average molecular weight is 224 g/mol. The van der Waals surface area contributed by atoms with E-state index in [1.165, 1.54) is 17.2 Å². The van der Waals surface area contributed by atoms with Crippen LogP contribution in [0.5, 0.6) is 0 Å². The minimum Gasteiger partial charge on any atom is -0.478 e. The van der Waals surface area contributed by atoms with Gasteiger partial charge in [-0.3, -0.25) is 4.79 Å². The smallest absolute Gasteiger partial charge is 0.337 e. The number of likely N-dealkylation sites (N-methyl/N-ethyl adjacent to an activating group) is 1. The van der Waals surface area contributed by atoms with Crippen molar-refractivity contribution < 1.29 is 14.7 Å². The lowest BCUT2D eigenvalue weighted by Crippen LogP contribution is -2.31. The van der Waals surface area contributed by atoms with Crippen LogP contribution in [-0.2, 0) is 4.79 Å². The molecule has 1 aromatic rings. The van der Waals surface area contributed by atoms with Crippen LogP contribution >= 0.6 is 0 Å². The van der Waals surface area contributed by atoms with Crippen LogP contribution in [-0.4, -0.2) is 35.6 Å². The largest absolute Gasteiger partial charge is 0.478 e. The fourth-order valence-electron chi connectivity index (χ4n) is 1.22. The number of aromatic nitrogens is 1. The number of rotatable bonds is 4. The molecule has 0 aromatic carbocycles. The zero-order valence-electron chi connectivity index (χ0n) is 8.67. The SMILES string of the molecule is CN(CC(N)=O)c1ncc(C(=O)O)cc1N. The summed E-state index contributed by atoms with van der Waals surface area (Å²) in [6.07, 6.45) is 1.17. The molecule has 0 spiro atoms. The number of nitrogen functional groups attached to an aromatic ring is 1. The van der Waals surface area contributed by atoms with Crippen LogP contribution in [0, 0.1) is 0 Å². The number of aromatic carboxylic acids is 1. The maximum absolute atomic E-state index is 10.7. The number of carbonyl (C=O) groups excluding carboxylic acids is 1. The molecule has 86 valence electrons. The molecule has 0 aliphatic heterocycles. The van der Waals surface area contributed by atoms with Crippen molar-refractivity contribution in [3.8, 4) is 0 Å². The Balaban J connectivity index is 2.98. The first kappa shape index (κ1) is 11.8. The summed E-state index contributed by atoms with van der Waals surface area (Å²) in [6.45, 7) is -0.0381. The fourth-order valence-corrected chi connectivity index (χ4v) is 1.22. The highest BCUT2D eigenvalue weighted by Gasteiger charge is 2.12. The number of primary amides is 1. The molecule has 1 heterocycles. The Hall–Kier alpha value is -2.31. The Bertz CT molecular complexity index is 433. The summed E-state index contributed by atoms with van der Waals surface area (Å²) >= 11 is 0. The molecule has 1 rings (SSSR count). The molecule has 0 unspecified atom stereocenters. The second-order valence-corrected chi connectivity index (χ2v) is 3.26. The van der Waals surface area contributed by atoms with Gasteiger partial charge in [0, 0.05) is 13.2 Å². The van der Waals surface area contributed by atoms with Gasteiger partial charge in [0.25, 0.3) is 0 Å². The Labute approximate surface area is 91.7 Å². The minimum atomic E-state index is -1.11. The van der Waals surface area contributed by atoms with E-state index in [9.17, 15) is 9.59 Å². The summed E-state index contributed by atoms with van der Waals surface area (Å²) in [6, 6.07) is 1.28. The van der Waals surface area contributed by atoms with Crippen molar-refractivity contribution in [1.29, 1.82) is 0 Å². The number of carboxylic acids is 1. The molecule has 0 saturated carbocycles. The zero-order chi connectivity index (χ0) is 12.3. The van der Waals surface area contributed by atoms with Crippen molar-refractivity contribution in [2.75, 3.05) is 24.2 Å². The third-order valence-electron chi connectivity index (χ3n) is 1.90. The number of pyridine rings is 1. The van der Waals surface area contributed by atoms with Crippen LogP contribution in [0.25, 0.3) is 0 Å². The standard InChI is InChI=1S/C9H12N4O3/c1-13(4-7(11)14)8-6(10)2-5(3-12-8)9(15)16/h2-3H,4,10H2,1H3,(H2,11,14)(H,15,16). The predicted molar refractivity (Wildman–Crippen MR) is 58.1 cm³/mol. The fraction of sp³-hybridized carbons (Fsp3) is 0.222. The van der Waals surface area contributed by atoms with E-state index in [2.05, 4.69) is 4.98 Å². The molecule has 0 saturated heterocycles. The molecular weight excluding hydrogens is 212 g/mol. The van der Waals surface area contributed by atoms with Gasteiger partial charge in [0.1, 0.15) is 0 Å². The predicted octanol–water partition coefficient (Wildman–Crippen LogP) is -0.716. The maximum atomic E-state index is 10.7. The molecule has 0 radical (unpaired) electrons.